The summed E-state index contributed by atoms with van der Waals surface area (Å²) in [6.45, 7) is 1.99. The largest absolute Gasteiger partial charge is 0.494 e. The van der Waals surface area contributed by atoms with Gasteiger partial charge < -0.3 is 14.7 Å². The number of carbonyl (C=O) groups is 1. The van der Waals surface area contributed by atoms with Crippen molar-refractivity contribution in [1.82, 2.24) is 4.90 Å². The third kappa shape index (κ3) is 5.37. The molecule has 2 aromatic rings. The van der Waals surface area contributed by atoms with Gasteiger partial charge in [-0.15, -0.1) is 0 Å². The number of ether oxygens (including phenoxy) is 1. The second kappa shape index (κ2) is 10.2. The molecule has 0 saturated heterocycles. The molecule has 168 valence electrons. The first kappa shape index (κ1) is 23.1. The summed E-state index contributed by atoms with van der Waals surface area (Å²) in [5, 5.41) is 10.3. The van der Waals surface area contributed by atoms with Crippen LogP contribution in [-0.2, 0) is 14.8 Å². The van der Waals surface area contributed by atoms with E-state index in [-0.39, 0.29) is 23.4 Å². The van der Waals surface area contributed by atoms with Crippen LogP contribution in [0.2, 0.25) is 0 Å². The molecule has 3 rings (SSSR count). The number of sulfonamides is 1. The molecule has 1 fully saturated rings. The van der Waals surface area contributed by atoms with Gasteiger partial charge in [0.1, 0.15) is 12.3 Å². The maximum atomic E-state index is 13.5. The summed E-state index contributed by atoms with van der Waals surface area (Å²) >= 11 is 0. The molecular formula is C23H30N2O5S. The van der Waals surface area contributed by atoms with Gasteiger partial charge in [0, 0.05) is 7.05 Å². The Hall–Kier alpha value is -2.58. The predicted octanol–water partition coefficient (Wildman–Crippen LogP) is 3.04. The first-order valence-corrected chi connectivity index (χ1v) is 12.0. The first-order chi connectivity index (χ1) is 14.8. The fraction of sp³-hybridized carbons (Fsp3) is 0.435. The molecule has 2 aromatic carbocycles. The van der Waals surface area contributed by atoms with E-state index in [2.05, 4.69) is 0 Å². The van der Waals surface area contributed by atoms with Gasteiger partial charge in [-0.3, -0.25) is 9.10 Å². The van der Waals surface area contributed by atoms with Gasteiger partial charge >= 0.3 is 0 Å². The van der Waals surface area contributed by atoms with E-state index in [1.54, 1.807) is 49.5 Å². The summed E-state index contributed by atoms with van der Waals surface area (Å²) < 4.78 is 33.5. The van der Waals surface area contributed by atoms with Crippen LogP contribution in [-0.4, -0.2) is 56.7 Å². The summed E-state index contributed by atoms with van der Waals surface area (Å²) in [6, 6.07) is 14.4. The molecule has 0 radical (unpaired) electrons. The molecule has 1 amide bonds. The van der Waals surface area contributed by atoms with Crippen LogP contribution in [0.15, 0.2) is 59.5 Å². The van der Waals surface area contributed by atoms with Crippen LogP contribution in [0.25, 0.3) is 0 Å². The number of amides is 1. The molecule has 2 atom stereocenters. The van der Waals surface area contributed by atoms with Crippen LogP contribution in [0.3, 0.4) is 0 Å². The lowest BCUT2D eigenvalue weighted by Crippen LogP contribution is -2.50. The monoisotopic (exact) mass is 446 g/mol. The highest BCUT2D eigenvalue weighted by molar-refractivity contribution is 7.92. The second-order valence-electron chi connectivity index (χ2n) is 7.68. The van der Waals surface area contributed by atoms with Gasteiger partial charge in [0.05, 0.1) is 29.3 Å². The van der Waals surface area contributed by atoms with E-state index in [0.29, 0.717) is 30.9 Å². The Labute approximate surface area is 184 Å². The number of nitrogens with zero attached hydrogens (tertiary/aromatic N) is 2. The van der Waals surface area contributed by atoms with Gasteiger partial charge in [0.15, 0.2) is 0 Å². The number of anilines is 1. The van der Waals surface area contributed by atoms with Gasteiger partial charge in [-0.25, -0.2) is 8.42 Å². The molecule has 0 bridgehead atoms. The van der Waals surface area contributed by atoms with Crippen LogP contribution in [0.5, 0.6) is 5.75 Å². The summed E-state index contributed by atoms with van der Waals surface area (Å²) in [5.41, 5.74) is 0.405. The molecule has 0 spiro atoms. The third-order valence-corrected chi connectivity index (χ3v) is 7.42. The highest BCUT2D eigenvalue weighted by Crippen LogP contribution is 2.27. The van der Waals surface area contributed by atoms with E-state index >= 15 is 0 Å². The minimum atomic E-state index is -3.99. The van der Waals surface area contributed by atoms with Crippen molar-refractivity contribution in [2.75, 3.05) is 24.5 Å². The maximum Gasteiger partial charge on any atom is 0.264 e. The van der Waals surface area contributed by atoms with Crippen molar-refractivity contribution in [2.45, 2.75) is 49.6 Å². The maximum absolute atomic E-state index is 13.5. The van der Waals surface area contributed by atoms with Crippen LogP contribution in [0.1, 0.15) is 32.6 Å². The average molecular weight is 447 g/mol. The smallest absolute Gasteiger partial charge is 0.264 e. The Morgan fingerprint density at radius 1 is 1.06 bits per heavy atom. The molecule has 0 heterocycles. The van der Waals surface area contributed by atoms with Crippen LogP contribution < -0.4 is 9.04 Å². The van der Waals surface area contributed by atoms with Gasteiger partial charge in [-0.05, 0) is 56.2 Å². The number of hydrogen-bond donors (Lipinski definition) is 1. The SMILES string of the molecule is CCOc1ccc(S(=O)(=O)N(CC(=O)N(C)C2CCCCC2O)c2ccccc2)cc1. The molecule has 8 heteroatoms. The van der Waals surface area contributed by atoms with E-state index in [1.807, 2.05) is 6.92 Å². The second-order valence-corrected chi connectivity index (χ2v) is 9.54. The summed E-state index contributed by atoms with van der Waals surface area (Å²) in [5.74, 6) is 0.221. The topological polar surface area (TPSA) is 87.2 Å². The lowest BCUT2D eigenvalue weighted by molar-refractivity contribution is -0.133. The van der Waals surface area contributed by atoms with Crippen LogP contribution in [0.4, 0.5) is 5.69 Å². The van der Waals surface area contributed by atoms with Crippen molar-refractivity contribution < 1.29 is 23.1 Å². The number of carbonyl (C=O) groups excluding carboxylic acids is 1. The Morgan fingerprint density at radius 2 is 1.71 bits per heavy atom. The molecular weight excluding hydrogens is 416 g/mol. The molecule has 0 aliphatic heterocycles. The zero-order valence-corrected chi connectivity index (χ0v) is 18.8. The van der Waals surface area contributed by atoms with E-state index in [1.165, 1.54) is 17.0 Å². The molecule has 1 aliphatic carbocycles. The van der Waals surface area contributed by atoms with Crippen LogP contribution >= 0.6 is 0 Å². The van der Waals surface area contributed by atoms with Gasteiger partial charge in [-0.1, -0.05) is 31.0 Å². The Bertz CT molecular complexity index is 963. The van der Waals surface area contributed by atoms with Crippen LogP contribution in [0, 0.1) is 0 Å². The number of aliphatic hydroxyl groups excluding tert-OH is 1. The average Bonchev–Trinajstić information content (AvgIpc) is 2.78. The minimum Gasteiger partial charge on any atom is -0.494 e. The van der Waals surface area contributed by atoms with E-state index in [0.717, 1.165) is 17.1 Å². The van der Waals surface area contributed by atoms with Crippen molar-refractivity contribution in [3.63, 3.8) is 0 Å². The van der Waals surface area contributed by atoms with E-state index in [9.17, 15) is 18.3 Å². The molecule has 7 nitrogen and oxygen atoms in total. The fourth-order valence-corrected chi connectivity index (χ4v) is 5.29. The standard InChI is InChI=1S/C23H30N2O5S/c1-3-30-19-13-15-20(16-14-19)31(28,29)25(18-9-5-4-6-10-18)17-23(27)24(2)21-11-7-8-12-22(21)26/h4-6,9-10,13-16,21-22,26H,3,7-8,11-12,17H2,1-2H3. The summed E-state index contributed by atoms with van der Waals surface area (Å²) in [4.78, 5) is 14.6. The van der Waals surface area contributed by atoms with E-state index < -0.39 is 16.1 Å². The molecule has 1 N–H and O–H groups in total. The molecule has 1 aliphatic rings. The number of benzene rings is 2. The van der Waals surface area contributed by atoms with Crippen molar-refractivity contribution in [3.05, 3.63) is 54.6 Å². The molecule has 0 aromatic heterocycles. The zero-order chi connectivity index (χ0) is 22.4. The number of para-hydroxylation sites is 1. The Balaban J connectivity index is 1.88. The zero-order valence-electron chi connectivity index (χ0n) is 18.0. The van der Waals surface area contributed by atoms with Crippen molar-refractivity contribution in [3.8, 4) is 5.75 Å². The third-order valence-electron chi connectivity index (χ3n) is 5.63. The molecule has 2 unspecified atom stereocenters. The van der Waals surface area contributed by atoms with Gasteiger partial charge in [-0.2, -0.15) is 0 Å². The number of rotatable bonds is 8. The highest BCUT2D eigenvalue weighted by Gasteiger charge is 2.33. The predicted molar refractivity (Wildman–Crippen MR) is 120 cm³/mol. The first-order valence-electron chi connectivity index (χ1n) is 10.6. The quantitative estimate of drug-likeness (QED) is 0.674. The number of hydrogen-bond acceptors (Lipinski definition) is 5. The van der Waals surface area contributed by atoms with Gasteiger partial charge in [0.2, 0.25) is 5.91 Å². The summed E-state index contributed by atoms with van der Waals surface area (Å²) in [7, 11) is -2.36. The van der Waals surface area contributed by atoms with Crippen molar-refractivity contribution >= 4 is 21.6 Å². The number of aliphatic hydroxyl groups is 1. The van der Waals surface area contributed by atoms with E-state index in [4.69, 9.17) is 4.74 Å². The Kier molecular flexibility index (Phi) is 7.56. The lowest BCUT2D eigenvalue weighted by atomic mass is 9.91. The van der Waals surface area contributed by atoms with Crippen molar-refractivity contribution in [1.29, 1.82) is 0 Å². The molecule has 1 saturated carbocycles. The minimum absolute atomic E-state index is 0.0768. The fourth-order valence-electron chi connectivity index (χ4n) is 3.87. The summed E-state index contributed by atoms with van der Waals surface area (Å²) in [6.07, 6.45) is 2.64. The normalized spacial score (nSPS) is 18.9. The highest BCUT2D eigenvalue weighted by atomic mass is 32.2. The molecule has 31 heavy (non-hydrogen) atoms. The van der Waals surface area contributed by atoms with Gasteiger partial charge in [0.25, 0.3) is 10.0 Å². The lowest BCUT2D eigenvalue weighted by Gasteiger charge is -2.36. The number of likely N-dealkylation sites (N-methyl/N-ethyl adjacent to an activating group) is 1. The Morgan fingerprint density at radius 3 is 2.32 bits per heavy atom. The van der Waals surface area contributed by atoms with Crippen molar-refractivity contribution in [2.24, 2.45) is 0 Å².